The van der Waals surface area contributed by atoms with Crippen molar-refractivity contribution in [2.75, 3.05) is 0 Å². The largest absolute Gasteiger partial charge is 0.481 e. The quantitative estimate of drug-likeness (QED) is 0.771. The number of carboxylic acids is 1. The molecule has 1 heterocycles. The van der Waals surface area contributed by atoms with Crippen LogP contribution in [0.4, 0.5) is 4.39 Å². The Morgan fingerprint density at radius 2 is 2.06 bits per heavy atom. The Morgan fingerprint density at radius 3 is 2.59 bits per heavy atom. The zero-order valence-electron chi connectivity index (χ0n) is 9.48. The van der Waals surface area contributed by atoms with Gasteiger partial charge in [0.15, 0.2) is 0 Å². The van der Waals surface area contributed by atoms with Crippen molar-refractivity contribution in [2.24, 2.45) is 5.92 Å². The van der Waals surface area contributed by atoms with Gasteiger partial charge in [-0.2, -0.15) is 4.39 Å². The molecule has 1 aromatic rings. The van der Waals surface area contributed by atoms with Crippen LogP contribution >= 0.6 is 0 Å². The molecule has 0 aliphatic carbocycles. The molecule has 17 heavy (non-hydrogen) atoms. The van der Waals surface area contributed by atoms with Gasteiger partial charge in [-0.1, -0.05) is 6.07 Å². The lowest BCUT2D eigenvalue weighted by Crippen LogP contribution is -2.40. The van der Waals surface area contributed by atoms with E-state index < -0.39 is 29.8 Å². The Morgan fingerprint density at radius 1 is 1.41 bits per heavy atom. The van der Waals surface area contributed by atoms with Gasteiger partial charge in [0.05, 0.1) is 5.92 Å². The molecule has 1 amide bonds. The summed E-state index contributed by atoms with van der Waals surface area (Å²) in [6, 6.07) is 3.28. The van der Waals surface area contributed by atoms with Crippen molar-refractivity contribution in [1.82, 2.24) is 10.3 Å². The standard InChI is InChI=1S/C11H13FN2O3/c1-6(11(16)17)7(2)13-10(15)8-4-3-5-9(12)14-8/h3-7H,1-2H3,(H,13,15)(H,16,17). The second kappa shape index (κ2) is 5.38. The first kappa shape index (κ1) is 13.1. The molecule has 5 nitrogen and oxygen atoms in total. The maximum atomic E-state index is 12.8. The Hall–Kier alpha value is -1.98. The number of aliphatic carboxylic acids is 1. The predicted molar refractivity (Wildman–Crippen MR) is 57.9 cm³/mol. The fraction of sp³-hybridized carbons (Fsp3) is 0.364. The number of hydrogen-bond acceptors (Lipinski definition) is 3. The van der Waals surface area contributed by atoms with Gasteiger partial charge in [-0.25, -0.2) is 4.98 Å². The number of rotatable bonds is 4. The number of carbonyl (C=O) groups excluding carboxylic acids is 1. The summed E-state index contributed by atoms with van der Waals surface area (Å²) in [6.45, 7) is 3.04. The summed E-state index contributed by atoms with van der Waals surface area (Å²) in [4.78, 5) is 25.7. The Kier molecular flexibility index (Phi) is 4.14. The van der Waals surface area contributed by atoms with E-state index in [1.807, 2.05) is 0 Å². The van der Waals surface area contributed by atoms with Crippen molar-refractivity contribution in [3.63, 3.8) is 0 Å². The van der Waals surface area contributed by atoms with E-state index in [2.05, 4.69) is 10.3 Å². The number of nitrogens with zero attached hydrogens (tertiary/aromatic N) is 1. The number of nitrogens with one attached hydrogen (secondary N) is 1. The summed E-state index contributed by atoms with van der Waals surface area (Å²) in [5.41, 5.74) is -0.0746. The zero-order chi connectivity index (χ0) is 13.0. The zero-order valence-corrected chi connectivity index (χ0v) is 9.48. The summed E-state index contributed by atoms with van der Waals surface area (Å²) >= 11 is 0. The summed E-state index contributed by atoms with van der Waals surface area (Å²) in [5.74, 6) is -3.08. The number of carboxylic acid groups (broad SMARTS) is 1. The molecule has 0 fully saturated rings. The molecule has 2 atom stereocenters. The highest BCUT2D eigenvalue weighted by Gasteiger charge is 2.21. The molecule has 0 radical (unpaired) electrons. The van der Waals surface area contributed by atoms with E-state index in [4.69, 9.17) is 5.11 Å². The Labute approximate surface area is 97.7 Å². The third-order valence-corrected chi connectivity index (χ3v) is 2.45. The van der Waals surface area contributed by atoms with Crippen LogP contribution in [0.1, 0.15) is 24.3 Å². The van der Waals surface area contributed by atoms with E-state index in [1.54, 1.807) is 6.92 Å². The van der Waals surface area contributed by atoms with Gasteiger partial charge in [-0.3, -0.25) is 9.59 Å². The van der Waals surface area contributed by atoms with Gasteiger partial charge >= 0.3 is 5.97 Å². The second-order valence-electron chi connectivity index (χ2n) is 3.73. The highest BCUT2D eigenvalue weighted by Crippen LogP contribution is 2.04. The highest BCUT2D eigenvalue weighted by molar-refractivity contribution is 5.92. The number of carbonyl (C=O) groups is 2. The number of aromatic nitrogens is 1. The van der Waals surface area contributed by atoms with Crippen LogP contribution in [0.5, 0.6) is 0 Å². The normalized spacial score (nSPS) is 13.8. The summed E-state index contributed by atoms with van der Waals surface area (Å²) < 4.78 is 12.8. The molecule has 0 saturated heterocycles. The van der Waals surface area contributed by atoms with E-state index in [-0.39, 0.29) is 5.69 Å². The van der Waals surface area contributed by atoms with Crippen LogP contribution in [0.15, 0.2) is 18.2 Å². The molecule has 0 aromatic carbocycles. The molecule has 1 rings (SSSR count). The van der Waals surface area contributed by atoms with Gasteiger partial charge in [0.25, 0.3) is 5.91 Å². The summed E-state index contributed by atoms with van der Waals surface area (Å²) in [5, 5.41) is 11.2. The number of halogens is 1. The molecular weight excluding hydrogens is 227 g/mol. The number of hydrogen-bond donors (Lipinski definition) is 2. The minimum atomic E-state index is -1.01. The molecule has 2 unspecified atom stereocenters. The molecule has 0 aliphatic heterocycles. The monoisotopic (exact) mass is 240 g/mol. The first-order valence-electron chi connectivity index (χ1n) is 5.08. The molecule has 0 spiro atoms. The minimum absolute atomic E-state index is 0.0746. The van der Waals surface area contributed by atoms with Gasteiger partial charge in [-0.15, -0.1) is 0 Å². The van der Waals surface area contributed by atoms with Crippen molar-refractivity contribution >= 4 is 11.9 Å². The van der Waals surface area contributed by atoms with E-state index in [0.717, 1.165) is 6.07 Å². The lowest BCUT2D eigenvalue weighted by Gasteiger charge is -2.17. The van der Waals surface area contributed by atoms with Crippen LogP contribution in [-0.2, 0) is 4.79 Å². The third kappa shape index (κ3) is 3.51. The van der Waals surface area contributed by atoms with Crippen LogP contribution in [-0.4, -0.2) is 28.0 Å². The van der Waals surface area contributed by atoms with Crippen molar-refractivity contribution in [2.45, 2.75) is 19.9 Å². The molecule has 0 aliphatic rings. The van der Waals surface area contributed by atoms with Gasteiger partial charge < -0.3 is 10.4 Å². The van der Waals surface area contributed by atoms with Crippen LogP contribution < -0.4 is 5.32 Å². The molecule has 1 aromatic heterocycles. The van der Waals surface area contributed by atoms with Crippen LogP contribution in [0, 0.1) is 11.9 Å². The van der Waals surface area contributed by atoms with Crippen LogP contribution in [0.25, 0.3) is 0 Å². The maximum Gasteiger partial charge on any atom is 0.308 e. The third-order valence-electron chi connectivity index (χ3n) is 2.45. The molecule has 0 saturated carbocycles. The smallest absolute Gasteiger partial charge is 0.308 e. The predicted octanol–water partition coefficient (Wildman–Crippen LogP) is 1.06. The highest BCUT2D eigenvalue weighted by atomic mass is 19.1. The molecule has 6 heteroatoms. The summed E-state index contributed by atoms with van der Waals surface area (Å²) in [6.07, 6.45) is 0. The van der Waals surface area contributed by atoms with Crippen LogP contribution in [0.3, 0.4) is 0 Å². The van der Waals surface area contributed by atoms with Gasteiger partial charge in [0.2, 0.25) is 5.95 Å². The Balaban J connectivity index is 2.70. The van der Waals surface area contributed by atoms with E-state index >= 15 is 0 Å². The van der Waals surface area contributed by atoms with Gasteiger partial charge in [0.1, 0.15) is 5.69 Å². The number of pyridine rings is 1. The fourth-order valence-electron chi connectivity index (χ4n) is 1.15. The van der Waals surface area contributed by atoms with E-state index in [1.165, 1.54) is 19.1 Å². The van der Waals surface area contributed by atoms with Gasteiger partial charge in [-0.05, 0) is 26.0 Å². The van der Waals surface area contributed by atoms with Crippen molar-refractivity contribution in [3.8, 4) is 0 Å². The first-order valence-corrected chi connectivity index (χ1v) is 5.08. The number of amides is 1. The Bertz CT molecular complexity index is 436. The topological polar surface area (TPSA) is 79.3 Å². The van der Waals surface area contributed by atoms with Gasteiger partial charge in [0, 0.05) is 6.04 Å². The van der Waals surface area contributed by atoms with E-state index in [0.29, 0.717) is 0 Å². The van der Waals surface area contributed by atoms with Crippen molar-refractivity contribution in [3.05, 3.63) is 29.8 Å². The fourth-order valence-corrected chi connectivity index (χ4v) is 1.15. The van der Waals surface area contributed by atoms with Crippen LogP contribution in [0.2, 0.25) is 0 Å². The maximum absolute atomic E-state index is 12.8. The molecule has 0 bridgehead atoms. The molecular formula is C11H13FN2O3. The second-order valence-corrected chi connectivity index (χ2v) is 3.73. The lowest BCUT2D eigenvalue weighted by molar-refractivity contribution is -0.141. The van der Waals surface area contributed by atoms with Crippen molar-refractivity contribution in [1.29, 1.82) is 0 Å². The first-order chi connectivity index (χ1) is 7.91. The van der Waals surface area contributed by atoms with E-state index in [9.17, 15) is 14.0 Å². The minimum Gasteiger partial charge on any atom is -0.481 e. The SMILES string of the molecule is CC(NC(=O)c1cccc(F)n1)C(C)C(=O)O. The average molecular weight is 240 g/mol. The molecule has 92 valence electrons. The lowest BCUT2D eigenvalue weighted by atomic mass is 10.0. The van der Waals surface area contributed by atoms with Crippen molar-refractivity contribution < 1.29 is 19.1 Å². The summed E-state index contributed by atoms with van der Waals surface area (Å²) in [7, 11) is 0. The average Bonchev–Trinajstić information content (AvgIpc) is 2.27. The molecule has 2 N–H and O–H groups in total.